The van der Waals surface area contributed by atoms with E-state index in [1.54, 1.807) is 43.3 Å². The molecule has 1 atom stereocenters. The van der Waals surface area contributed by atoms with Crippen LogP contribution in [0.3, 0.4) is 0 Å². The van der Waals surface area contributed by atoms with Gasteiger partial charge in [0.05, 0.1) is 19.3 Å². The fourth-order valence-electron chi connectivity index (χ4n) is 4.24. The van der Waals surface area contributed by atoms with Gasteiger partial charge >= 0.3 is 30.0 Å². The van der Waals surface area contributed by atoms with Crippen molar-refractivity contribution in [2.24, 2.45) is 0 Å². The van der Waals surface area contributed by atoms with E-state index in [-0.39, 0.29) is 31.5 Å². The maximum atomic E-state index is 12.9. The van der Waals surface area contributed by atoms with Gasteiger partial charge in [0.2, 0.25) is 11.9 Å². The largest absolute Gasteiger partial charge is 0.467 e. The van der Waals surface area contributed by atoms with E-state index in [2.05, 4.69) is 41.0 Å². The molecule has 1 saturated carbocycles. The van der Waals surface area contributed by atoms with Crippen molar-refractivity contribution in [2.45, 2.75) is 43.9 Å². The number of alkyl halides is 3. The van der Waals surface area contributed by atoms with Crippen molar-refractivity contribution in [3.63, 3.8) is 0 Å². The van der Waals surface area contributed by atoms with Crippen molar-refractivity contribution in [3.8, 4) is 6.01 Å². The molecule has 4 rings (SSSR count). The first-order chi connectivity index (χ1) is 21.9. The number of nitrogens with zero attached hydrogens (tertiary/aromatic N) is 3. The van der Waals surface area contributed by atoms with Crippen LogP contribution in [0.1, 0.15) is 31.7 Å². The predicted octanol–water partition coefficient (Wildman–Crippen LogP) is 4.33. The van der Waals surface area contributed by atoms with Gasteiger partial charge in [-0.2, -0.15) is 28.1 Å². The van der Waals surface area contributed by atoms with Crippen LogP contribution in [-0.2, 0) is 29.4 Å². The van der Waals surface area contributed by atoms with E-state index in [0.29, 0.717) is 16.4 Å². The second kappa shape index (κ2) is 14.9. The molecule has 1 heterocycles. The number of methoxy groups -OCH3 is 1. The lowest BCUT2D eigenvalue weighted by Crippen LogP contribution is -2.38. The number of amides is 1. The van der Waals surface area contributed by atoms with Crippen LogP contribution in [0.5, 0.6) is 6.01 Å². The van der Waals surface area contributed by atoms with E-state index < -0.39 is 48.2 Å². The smallest absolute Gasteiger partial charge is 0.422 e. The average Bonchev–Trinajstić information content (AvgIpc) is 3.80. The van der Waals surface area contributed by atoms with E-state index in [9.17, 15) is 27.6 Å². The molecule has 0 saturated heterocycles. The number of carbonyl (C=O) groups excluding carboxylic acids is 3. The Balaban J connectivity index is 1.45. The van der Waals surface area contributed by atoms with E-state index in [4.69, 9.17) is 21.1 Å². The van der Waals surface area contributed by atoms with Crippen LogP contribution >= 0.6 is 11.6 Å². The number of hydrogen-bond acceptors (Lipinski definition) is 12. The lowest BCUT2D eigenvalue weighted by Gasteiger charge is -2.19. The summed E-state index contributed by atoms with van der Waals surface area (Å²) in [7, 11) is 1.21. The molecule has 1 fully saturated rings. The van der Waals surface area contributed by atoms with Crippen LogP contribution in [0.2, 0.25) is 5.02 Å². The summed E-state index contributed by atoms with van der Waals surface area (Å²) in [5.41, 5.74) is 1.36. The Kier molecular flexibility index (Phi) is 11.1. The number of hydrogen-bond donors (Lipinski definition) is 4. The van der Waals surface area contributed by atoms with Gasteiger partial charge in [0.25, 0.3) is 0 Å². The summed E-state index contributed by atoms with van der Waals surface area (Å²) in [6.07, 6.45) is -3.04. The summed E-state index contributed by atoms with van der Waals surface area (Å²) in [5, 5.41) is 12.1. The average molecular weight is 666 g/mol. The maximum Gasteiger partial charge on any atom is 0.422 e. The Morgan fingerprint density at radius 1 is 0.978 bits per heavy atom. The summed E-state index contributed by atoms with van der Waals surface area (Å²) in [5.74, 6) is -2.62. The number of benzene rings is 2. The molecule has 1 aromatic heterocycles. The number of nitrogens with one attached hydrogen (secondary N) is 4. The predicted molar refractivity (Wildman–Crippen MR) is 161 cm³/mol. The molecular formula is C29H31ClF3N7O6. The van der Waals surface area contributed by atoms with Gasteiger partial charge in [-0.25, -0.2) is 9.59 Å². The highest BCUT2D eigenvalue weighted by Gasteiger charge is 2.45. The number of anilines is 4. The monoisotopic (exact) mass is 665 g/mol. The SMILES string of the molecule is CCOC(=O)C(=O)NCC[C@H](Nc1ccc(Nc2nc(NC3(c4ccc(Cl)cc4)CC3)nc(OCC(F)(F)F)n2)cc1)C(=O)OC. The van der Waals surface area contributed by atoms with Crippen LogP contribution in [0.4, 0.5) is 36.4 Å². The quantitative estimate of drug-likeness (QED) is 0.142. The highest BCUT2D eigenvalue weighted by molar-refractivity contribution is 6.32. The minimum absolute atomic E-state index is 0.0105. The van der Waals surface area contributed by atoms with Crippen LogP contribution < -0.4 is 26.0 Å². The fraction of sp³-hybridized carbons (Fsp3) is 0.379. The minimum atomic E-state index is -4.60. The lowest BCUT2D eigenvalue weighted by atomic mass is 10.1. The van der Waals surface area contributed by atoms with Gasteiger partial charge < -0.3 is 35.5 Å². The Labute approximate surface area is 266 Å². The third-order valence-corrected chi connectivity index (χ3v) is 6.88. The zero-order valence-electron chi connectivity index (χ0n) is 24.7. The van der Waals surface area contributed by atoms with Crippen molar-refractivity contribution in [1.29, 1.82) is 0 Å². The summed E-state index contributed by atoms with van der Waals surface area (Å²) < 4.78 is 52.9. The molecule has 246 valence electrons. The molecule has 1 amide bonds. The number of halogens is 4. The summed E-state index contributed by atoms with van der Waals surface area (Å²) in [6, 6.07) is 12.3. The molecule has 0 unspecified atom stereocenters. The summed E-state index contributed by atoms with van der Waals surface area (Å²) >= 11 is 6.01. The van der Waals surface area contributed by atoms with E-state index in [1.807, 2.05) is 12.1 Å². The summed E-state index contributed by atoms with van der Waals surface area (Å²) in [4.78, 5) is 47.9. The van der Waals surface area contributed by atoms with Crippen molar-refractivity contribution in [3.05, 3.63) is 59.1 Å². The highest BCUT2D eigenvalue weighted by atomic mass is 35.5. The van der Waals surface area contributed by atoms with Gasteiger partial charge in [-0.05, 0) is 68.1 Å². The molecule has 4 N–H and O–H groups in total. The highest BCUT2D eigenvalue weighted by Crippen LogP contribution is 2.48. The molecule has 2 aromatic carbocycles. The first-order valence-electron chi connectivity index (χ1n) is 14.1. The normalized spacial score (nSPS) is 14.0. The number of aromatic nitrogens is 3. The Morgan fingerprint density at radius 3 is 2.24 bits per heavy atom. The zero-order valence-corrected chi connectivity index (χ0v) is 25.5. The van der Waals surface area contributed by atoms with Gasteiger partial charge in [-0.1, -0.05) is 23.7 Å². The molecule has 0 radical (unpaired) electrons. The standard InChI is InChI=1S/C29H31ClF3N7O6/c1-3-45-24(43)22(41)34-15-12-21(23(42)44-2)35-19-8-10-20(11-9-19)36-25-37-26(39-27(38-25)46-16-29(31,32)33)40-28(13-14-28)17-4-6-18(30)7-5-17/h4-11,21,35H,3,12-16H2,1-2H3,(H,34,41)(H2,36,37,38,39,40)/t21-/m0/s1. The van der Waals surface area contributed by atoms with Gasteiger partial charge in [-0.3, -0.25) is 4.79 Å². The zero-order chi connectivity index (χ0) is 33.3. The second-order valence-electron chi connectivity index (χ2n) is 10.1. The Bertz CT molecular complexity index is 1520. The minimum Gasteiger partial charge on any atom is -0.467 e. The van der Waals surface area contributed by atoms with Gasteiger partial charge in [0.15, 0.2) is 6.61 Å². The van der Waals surface area contributed by atoms with Crippen molar-refractivity contribution in [1.82, 2.24) is 20.3 Å². The number of ether oxygens (including phenoxy) is 3. The van der Waals surface area contributed by atoms with Crippen molar-refractivity contribution in [2.75, 3.05) is 42.8 Å². The Morgan fingerprint density at radius 2 is 1.63 bits per heavy atom. The van der Waals surface area contributed by atoms with Crippen LogP contribution in [0.15, 0.2) is 48.5 Å². The van der Waals surface area contributed by atoms with E-state index in [1.165, 1.54) is 7.11 Å². The number of esters is 2. The van der Waals surface area contributed by atoms with Crippen LogP contribution in [0.25, 0.3) is 0 Å². The maximum absolute atomic E-state index is 12.9. The lowest BCUT2D eigenvalue weighted by molar-refractivity contribution is -0.154. The summed E-state index contributed by atoms with van der Waals surface area (Å²) in [6.45, 7) is 0.0104. The van der Waals surface area contributed by atoms with Crippen LogP contribution in [-0.4, -0.2) is 71.9 Å². The molecule has 0 bridgehead atoms. The first-order valence-corrected chi connectivity index (χ1v) is 14.4. The molecule has 1 aliphatic carbocycles. The van der Waals surface area contributed by atoms with Crippen molar-refractivity contribution < 1.29 is 41.8 Å². The Hall–Kier alpha value is -4.86. The van der Waals surface area contributed by atoms with Crippen molar-refractivity contribution >= 4 is 52.7 Å². The van der Waals surface area contributed by atoms with Gasteiger partial charge in [0, 0.05) is 22.9 Å². The number of carbonyl (C=O) groups is 3. The topological polar surface area (TPSA) is 166 Å². The first kappa shape index (κ1) is 34.0. The second-order valence-corrected chi connectivity index (χ2v) is 10.5. The molecular weight excluding hydrogens is 635 g/mol. The third kappa shape index (κ3) is 9.82. The fourth-order valence-corrected chi connectivity index (χ4v) is 4.37. The third-order valence-electron chi connectivity index (χ3n) is 6.62. The number of rotatable bonds is 14. The molecule has 1 aliphatic rings. The molecule has 17 heteroatoms. The molecule has 0 aliphatic heterocycles. The molecule has 46 heavy (non-hydrogen) atoms. The van der Waals surface area contributed by atoms with Crippen LogP contribution in [0, 0.1) is 0 Å². The van der Waals surface area contributed by atoms with Gasteiger partial charge in [0.1, 0.15) is 6.04 Å². The van der Waals surface area contributed by atoms with E-state index >= 15 is 0 Å². The molecule has 0 spiro atoms. The van der Waals surface area contributed by atoms with Gasteiger partial charge in [-0.15, -0.1) is 0 Å². The molecule has 3 aromatic rings. The van der Waals surface area contributed by atoms with E-state index in [0.717, 1.165) is 18.4 Å². The molecule has 13 nitrogen and oxygen atoms in total.